The van der Waals surface area contributed by atoms with Gasteiger partial charge in [-0.1, -0.05) is 32.9 Å². The monoisotopic (exact) mass is 221 g/mol. The van der Waals surface area contributed by atoms with Gasteiger partial charge in [0.15, 0.2) is 0 Å². The van der Waals surface area contributed by atoms with Crippen LogP contribution >= 0.6 is 0 Å². The van der Waals surface area contributed by atoms with Crippen molar-refractivity contribution in [2.24, 2.45) is 11.7 Å². The summed E-state index contributed by atoms with van der Waals surface area (Å²) in [5.74, 6) is 1.90. The average molecular weight is 221 g/mol. The molecule has 0 saturated carbocycles. The van der Waals surface area contributed by atoms with Crippen molar-refractivity contribution in [1.29, 1.82) is 0 Å². The van der Waals surface area contributed by atoms with Crippen LogP contribution in [0, 0.1) is 12.8 Å². The van der Waals surface area contributed by atoms with Crippen molar-refractivity contribution in [2.75, 3.05) is 13.2 Å². The maximum Gasteiger partial charge on any atom is 0.123 e. The molecule has 0 fully saturated rings. The van der Waals surface area contributed by atoms with E-state index in [4.69, 9.17) is 10.5 Å². The van der Waals surface area contributed by atoms with Crippen LogP contribution in [0.25, 0.3) is 0 Å². The van der Waals surface area contributed by atoms with E-state index in [0.717, 1.165) is 5.75 Å². The Morgan fingerprint density at radius 3 is 2.50 bits per heavy atom. The number of nitrogens with two attached hydrogens (primary N) is 1. The highest BCUT2D eigenvalue weighted by Gasteiger charge is 2.09. The lowest BCUT2D eigenvalue weighted by Gasteiger charge is -2.17. The number of benzene rings is 1. The predicted molar refractivity (Wildman–Crippen MR) is 69.0 cm³/mol. The molecule has 2 nitrogen and oxygen atoms in total. The molecule has 2 heteroatoms. The van der Waals surface area contributed by atoms with Gasteiger partial charge in [-0.25, -0.2) is 0 Å². The van der Waals surface area contributed by atoms with E-state index in [1.165, 1.54) is 11.1 Å². The van der Waals surface area contributed by atoms with E-state index in [2.05, 4.69) is 45.9 Å². The van der Waals surface area contributed by atoms with Crippen LogP contribution in [-0.2, 0) is 0 Å². The fourth-order valence-corrected chi connectivity index (χ4v) is 1.54. The van der Waals surface area contributed by atoms with Crippen molar-refractivity contribution in [2.45, 2.75) is 33.6 Å². The van der Waals surface area contributed by atoms with Crippen molar-refractivity contribution in [3.63, 3.8) is 0 Å². The third-order valence-corrected chi connectivity index (χ3v) is 2.72. The minimum Gasteiger partial charge on any atom is -0.493 e. The quantitative estimate of drug-likeness (QED) is 0.829. The van der Waals surface area contributed by atoms with Gasteiger partial charge >= 0.3 is 0 Å². The topological polar surface area (TPSA) is 35.2 Å². The summed E-state index contributed by atoms with van der Waals surface area (Å²) < 4.78 is 5.85. The number of hydrogen-bond donors (Lipinski definition) is 1. The van der Waals surface area contributed by atoms with Crippen molar-refractivity contribution >= 4 is 0 Å². The second-order valence-electron chi connectivity index (χ2n) is 4.85. The van der Waals surface area contributed by atoms with Crippen molar-refractivity contribution in [3.05, 3.63) is 29.3 Å². The minimum atomic E-state index is 0.403. The molecule has 0 aliphatic rings. The van der Waals surface area contributed by atoms with Crippen LogP contribution < -0.4 is 10.5 Å². The summed E-state index contributed by atoms with van der Waals surface area (Å²) >= 11 is 0. The van der Waals surface area contributed by atoms with Gasteiger partial charge in [-0.15, -0.1) is 0 Å². The van der Waals surface area contributed by atoms with Crippen LogP contribution in [0.5, 0.6) is 5.75 Å². The highest BCUT2D eigenvalue weighted by molar-refractivity contribution is 5.39. The zero-order valence-electron chi connectivity index (χ0n) is 10.8. The summed E-state index contributed by atoms with van der Waals surface area (Å²) in [7, 11) is 0. The van der Waals surface area contributed by atoms with Crippen molar-refractivity contribution in [1.82, 2.24) is 0 Å². The van der Waals surface area contributed by atoms with Crippen LogP contribution in [0.4, 0.5) is 0 Å². The molecular formula is C14H23NO. The average Bonchev–Trinajstić information content (AvgIpc) is 2.25. The summed E-state index contributed by atoms with van der Waals surface area (Å²) in [6.45, 7) is 9.92. The van der Waals surface area contributed by atoms with E-state index in [1.807, 2.05) is 0 Å². The lowest BCUT2D eigenvalue weighted by molar-refractivity contribution is 0.260. The standard InChI is InChI=1S/C14H23NO/c1-10(2)13-6-5-11(3)7-14(13)16-9-12(4)8-15/h5-7,10,12H,8-9,15H2,1-4H3. The minimum absolute atomic E-state index is 0.403. The summed E-state index contributed by atoms with van der Waals surface area (Å²) in [4.78, 5) is 0. The molecule has 0 aliphatic carbocycles. The highest BCUT2D eigenvalue weighted by atomic mass is 16.5. The molecule has 1 rings (SSSR count). The molecule has 90 valence electrons. The molecule has 0 spiro atoms. The molecule has 0 saturated heterocycles. The lowest BCUT2D eigenvalue weighted by atomic mass is 10.0. The molecule has 1 aromatic rings. The van der Waals surface area contributed by atoms with Gasteiger partial charge in [0.25, 0.3) is 0 Å². The lowest BCUT2D eigenvalue weighted by Crippen LogP contribution is -2.18. The van der Waals surface area contributed by atoms with Crippen LogP contribution in [-0.4, -0.2) is 13.2 Å². The van der Waals surface area contributed by atoms with E-state index in [9.17, 15) is 0 Å². The zero-order valence-corrected chi connectivity index (χ0v) is 10.8. The SMILES string of the molecule is Cc1ccc(C(C)C)c(OCC(C)CN)c1. The fraction of sp³-hybridized carbons (Fsp3) is 0.571. The number of ether oxygens (including phenoxy) is 1. The van der Waals surface area contributed by atoms with Crippen LogP contribution in [0.15, 0.2) is 18.2 Å². The first kappa shape index (κ1) is 13.0. The Kier molecular flexibility index (Phi) is 4.81. The molecule has 2 N–H and O–H groups in total. The van der Waals surface area contributed by atoms with Gasteiger partial charge in [-0.2, -0.15) is 0 Å². The molecule has 0 aromatic heterocycles. The molecule has 16 heavy (non-hydrogen) atoms. The molecule has 0 bridgehead atoms. The smallest absolute Gasteiger partial charge is 0.123 e. The Hall–Kier alpha value is -1.02. The maximum atomic E-state index is 5.85. The molecule has 1 atom stereocenters. The van der Waals surface area contributed by atoms with Crippen molar-refractivity contribution in [3.8, 4) is 5.75 Å². The first-order valence-corrected chi connectivity index (χ1v) is 5.98. The van der Waals surface area contributed by atoms with Crippen LogP contribution in [0.3, 0.4) is 0 Å². The fourth-order valence-electron chi connectivity index (χ4n) is 1.54. The Balaban J connectivity index is 2.80. The highest BCUT2D eigenvalue weighted by Crippen LogP contribution is 2.27. The first-order chi connectivity index (χ1) is 7.54. The van der Waals surface area contributed by atoms with Gasteiger partial charge in [0.05, 0.1) is 6.61 Å². The number of aryl methyl sites for hydroxylation is 1. The summed E-state index contributed by atoms with van der Waals surface area (Å²) in [5, 5.41) is 0. The Labute approximate surface area is 98.8 Å². The predicted octanol–water partition coefficient (Wildman–Crippen LogP) is 3.09. The Morgan fingerprint density at radius 2 is 1.94 bits per heavy atom. The van der Waals surface area contributed by atoms with Gasteiger partial charge in [-0.05, 0) is 36.6 Å². The van der Waals surface area contributed by atoms with Gasteiger partial charge < -0.3 is 10.5 Å². The maximum absolute atomic E-state index is 5.85. The van der Waals surface area contributed by atoms with E-state index in [1.54, 1.807) is 0 Å². The van der Waals surface area contributed by atoms with Gasteiger partial charge in [0, 0.05) is 5.92 Å². The van der Waals surface area contributed by atoms with Crippen LogP contribution in [0.2, 0.25) is 0 Å². The third kappa shape index (κ3) is 3.53. The van der Waals surface area contributed by atoms with Gasteiger partial charge in [0.2, 0.25) is 0 Å². The van der Waals surface area contributed by atoms with E-state index >= 15 is 0 Å². The van der Waals surface area contributed by atoms with Gasteiger partial charge in [-0.3, -0.25) is 0 Å². The second-order valence-corrected chi connectivity index (χ2v) is 4.85. The molecule has 1 aromatic carbocycles. The molecule has 0 radical (unpaired) electrons. The van der Waals surface area contributed by atoms with E-state index < -0.39 is 0 Å². The Morgan fingerprint density at radius 1 is 1.25 bits per heavy atom. The number of hydrogen-bond acceptors (Lipinski definition) is 2. The van der Waals surface area contributed by atoms with Crippen molar-refractivity contribution < 1.29 is 4.74 Å². The van der Waals surface area contributed by atoms with Crippen LogP contribution in [0.1, 0.15) is 37.8 Å². The molecule has 0 amide bonds. The molecule has 0 aliphatic heterocycles. The molecular weight excluding hydrogens is 198 g/mol. The van der Waals surface area contributed by atoms with E-state index in [-0.39, 0.29) is 0 Å². The largest absolute Gasteiger partial charge is 0.493 e. The zero-order chi connectivity index (χ0) is 12.1. The second kappa shape index (κ2) is 5.90. The Bertz CT molecular complexity index is 334. The first-order valence-electron chi connectivity index (χ1n) is 5.98. The van der Waals surface area contributed by atoms with E-state index in [0.29, 0.717) is 25.0 Å². The molecule has 1 unspecified atom stereocenters. The summed E-state index contributed by atoms with van der Waals surface area (Å²) in [5.41, 5.74) is 8.09. The van der Waals surface area contributed by atoms with Gasteiger partial charge in [0.1, 0.15) is 5.75 Å². The molecule has 0 heterocycles. The third-order valence-electron chi connectivity index (χ3n) is 2.72. The normalized spacial score (nSPS) is 12.9. The summed E-state index contributed by atoms with van der Waals surface area (Å²) in [6.07, 6.45) is 0. The number of rotatable bonds is 5. The summed E-state index contributed by atoms with van der Waals surface area (Å²) in [6, 6.07) is 6.40.